The zero-order valence-corrected chi connectivity index (χ0v) is 10.3. The molecule has 19 heavy (non-hydrogen) atoms. The van der Waals surface area contributed by atoms with E-state index in [4.69, 9.17) is 0 Å². The average molecular weight is 254 g/mol. The number of benzene rings is 1. The molecule has 0 amide bonds. The van der Waals surface area contributed by atoms with E-state index in [-0.39, 0.29) is 0 Å². The number of hydrogen-bond donors (Lipinski definition) is 2. The summed E-state index contributed by atoms with van der Waals surface area (Å²) >= 11 is 0. The zero-order chi connectivity index (χ0) is 13.1. The van der Waals surface area contributed by atoms with E-state index >= 15 is 0 Å². The van der Waals surface area contributed by atoms with Crippen LogP contribution in [0, 0.1) is 0 Å². The maximum atomic E-state index is 10.1. The SMILES string of the molecule is OC(CNc1nccn2nccc12)c1ccccc1. The fourth-order valence-corrected chi connectivity index (χ4v) is 1.98. The number of hydrogen-bond acceptors (Lipinski definition) is 4. The third-order valence-corrected chi connectivity index (χ3v) is 2.97. The van der Waals surface area contributed by atoms with Gasteiger partial charge in [-0.2, -0.15) is 5.10 Å². The van der Waals surface area contributed by atoms with Gasteiger partial charge in [-0.15, -0.1) is 0 Å². The standard InChI is InChI=1S/C14H14N4O/c19-13(11-4-2-1-3-5-11)10-16-14-12-6-7-17-18(12)9-8-15-14/h1-9,13,19H,10H2,(H,15,16). The Morgan fingerprint density at radius 1 is 1.16 bits per heavy atom. The lowest BCUT2D eigenvalue weighted by Gasteiger charge is -2.13. The molecule has 2 N–H and O–H groups in total. The van der Waals surface area contributed by atoms with Gasteiger partial charge in [0.1, 0.15) is 5.52 Å². The molecule has 0 spiro atoms. The average Bonchev–Trinajstić information content (AvgIpc) is 2.94. The van der Waals surface area contributed by atoms with Crippen molar-refractivity contribution in [3.8, 4) is 0 Å². The first kappa shape index (κ1) is 11.7. The van der Waals surface area contributed by atoms with Gasteiger partial charge in [-0.25, -0.2) is 9.50 Å². The first-order chi connectivity index (χ1) is 9.34. The number of rotatable bonds is 4. The second-order valence-electron chi connectivity index (χ2n) is 4.24. The first-order valence-electron chi connectivity index (χ1n) is 6.10. The van der Waals surface area contributed by atoms with Crippen molar-refractivity contribution in [3.63, 3.8) is 0 Å². The molecule has 3 rings (SSSR count). The molecule has 0 aliphatic heterocycles. The summed E-state index contributed by atoms with van der Waals surface area (Å²) in [6.07, 6.45) is 4.62. The quantitative estimate of drug-likeness (QED) is 0.746. The van der Waals surface area contributed by atoms with Gasteiger partial charge >= 0.3 is 0 Å². The van der Waals surface area contributed by atoms with Crippen molar-refractivity contribution in [3.05, 3.63) is 60.6 Å². The van der Waals surface area contributed by atoms with Crippen LogP contribution in [0.5, 0.6) is 0 Å². The third-order valence-electron chi connectivity index (χ3n) is 2.97. The largest absolute Gasteiger partial charge is 0.387 e. The minimum atomic E-state index is -0.564. The molecule has 0 saturated carbocycles. The normalized spacial score (nSPS) is 12.5. The van der Waals surface area contributed by atoms with Crippen LogP contribution in [-0.2, 0) is 0 Å². The second kappa shape index (κ2) is 5.07. The highest BCUT2D eigenvalue weighted by atomic mass is 16.3. The van der Waals surface area contributed by atoms with Gasteiger partial charge in [-0.3, -0.25) is 0 Å². The predicted octanol–water partition coefficient (Wildman–Crippen LogP) is 1.87. The van der Waals surface area contributed by atoms with Crippen LogP contribution in [0.3, 0.4) is 0 Å². The van der Waals surface area contributed by atoms with Gasteiger partial charge in [-0.05, 0) is 11.6 Å². The Labute approximate surface area is 110 Å². The highest BCUT2D eigenvalue weighted by Gasteiger charge is 2.08. The fourth-order valence-electron chi connectivity index (χ4n) is 1.98. The molecule has 96 valence electrons. The first-order valence-corrected chi connectivity index (χ1v) is 6.10. The molecular formula is C14H14N4O. The minimum Gasteiger partial charge on any atom is -0.387 e. The van der Waals surface area contributed by atoms with Gasteiger partial charge in [0, 0.05) is 18.9 Å². The third kappa shape index (κ3) is 2.41. The monoisotopic (exact) mass is 254 g/mol. The summed E-state index contributed by atoms with van der Waals surface area (Å²) < 4.78 is 1.74. The molecule has 0 aliphatic rings. The molecule has 0 aliphatic carbocycles. The lowest BCUT2D eigenvalue weighted by Crippen LogP contribution is -2.13. The number of aromatic nitrogens is 3. The van der Waals surface area contributed by atoms with E-state index in [1.54, 1.807) is 23.1 Å². The lowest BCUT2D eigenvalue weighted by atomic mass is 10.1. The molecular weight excluding hydrogens is 240 g/mol. The molecule has 2 aromatic heterocycles. The molecule has 0 radical (unpaired) electrons. The highest BCUT2D eigenvalue weighted by molar-refractivity contribution is 5.66. The summed E-state index contributed by atoms with van der Waals surface area (Å²) in [5, 5.41) is 17.4. The van der Waals surface area contributed by atoms with Crippen LogP contribution < -0.4 is 5.32 Å². The Morgan fingerprint density at radius 3 is 2.84 bits per heavy atom. The van der Waals surface area contributed by atoms with Crippen LogP contribution in [0.2, 0.25) is 0 Å². The summed E-state index contributed by atoms with van der Waals surface area (Å²) in [5.74, 6) is 0.718. The van der Waals surface area contributed by atoms with Crippen molar-refractivity contribution in [2.45, 2.75) is 6.10 Å². The summed E-state index contributed by atoms with van der Waals surface area (Å²) in [7, 11) is 0. The lowest BCUT2D eigenvalue weighted by molar-refractivity contribution is 0.191. The van der Waals surface area contributed by atoms with Crippen LogP contribution >= 0.6 is 0 Å². The van der Waals surface area contributed by atoms with E-state index in [1.807, 2.05) is 36.4 Å². The molecule has 3 aromatic rings. The fraction of sp³-hybridized carbons (Fsp3) is 0.143. The molecule has 0 fully saturated rings. The van der Waals surface area contributed by atoms with Crippen molar-refractivity contribution in [2.75, 3.05) is 11.9 Å². The Hall–Kier alpha value is -2.40. The smallest absolute Gasteiger partial charge is 0.152 e. The topological polar surface area (TPSA) is 62.5 Å². The number of aliphatic hydroxyl groups is 1. The van der Waals surface area contributed by atoms with Crippen molar-refractivity contribution < 1.29 is 5.11 Å². The summed E-state index contributed by atoms with van der Waals surface area (Å²) in [6, 6.07) is 11.4. The molecule has 5 nitrogen and oxygen atoms in total. The van der Waals surface area contributed by atoms with Crippen molar-refractivity contribution in [2.24, 2.45) is 0 Å². The number of aliphatic hydroxyl groups excluding tert-OH is 1. The molecule has 2 heterocycles. The second-order valence-corrected chi connectivity index (χ2v) is 4.24. The van der Waals surface area contributed by atoms with Gasteiger partial charge in [0.2, 0.25) is 0 Å². The van der Waals surface area contributed by atoms with Crippen LogP contribution in [-0.4, -0.2) is 26.2 Å². The molecule has 0 bridgehead atoms. The predicted molar refractivity (Wildman–Crippen MR) is 72.9 cm³/mol. The van der Waals surface area contributed by atoms with Gasteiger partial charge < -0.3 is 10.4 Å². The van der Waals surface area contributed by atoms with E-state index < -0.39 is 6.10 Å². The van der Waals surface area contributed by atoms with Gasteiger partial charge in [0.05, 0.1) is 12.3 Å². The summed E-state index contributed by atoms with van der Waals surface area (Å²) in [6.45, 7) is 0.405. The Kier molecular flexibility index (Phi) is 3.12. The maximum Gasteiger partial charge on any atom is 0.152 e. The van der Waals surface area contributed by atoms with E-state index in [0.717, 1.165) is 16.9 Å². The van der Waals surface area contributed by atoms with Gasteiger partial charge in [-0.1, -0.05) is 30.3 Å². The maximum absolute atomic E-state index is 10.1. The van der Waals surface area contributed by atoms with Crippen LogP contribution in [0.25, 0.3) is 5.52 Å². The van der Waals surface area contributed by atoms with E-state index in [2.05, 4.69) is 15.4 Å². The Morgan fingerprint density at radius 2 is 2.00 bits per heavy atom. The van der Waals surface area contributed by atoms with Crippen LogP contribution in [0.15, 0.2) is 55.0 Å². The number of fused-ring (bicyclic) bond motifs is 1. The van der Waals surface area contributed by atoms with Crippen molar-refractivity contribution in [1.29, 1.82) is 0 Å². The molecule has 1 atom stereocenters. The molecule has 5 heteroatoms. The zero-order valence-electron chi connectivity index (χ0n) is 10.3. The van der Waals surface area contributed by atoms with E-state index in [1.165, 1.54) is 0 Å². The molecule has 1 aromatic carbocycles. The number of anilines is 1. The Balaban J connectivity index is 1.74. The van der Waals surface area contributed by atoms with Crippen LogP contribution in [0.1, 0.15) is 11.7 Å². The van der Waals surface area contributed by atoms with Gasteiger partial charge in [0.25, 0.3) is 0 Å². The number of nitrogens with zero attached hydrogens (tertiary/aromatic N) is 3. The van der Waals surface area contributed by atoms with Crippen molar-refractivity contribution in [1.82, 2.24) is 14.6 Å². The van der Waals surface area contributed by atoms with Crippen molar-refractivity contribution >= 4 is 11.3 Å². The van der Waals surface area contributed by atoms with Gasteiger partial charge in [0.15, 0.2) is 5.82 Å². The molecule has 1 unspecified atom stereocenters. The van der Waals surface area contributed by atoms with E-state index in [0.29, 0.717) is 6.54 Å². The van der Waals surface area contributed by atoms with E-state index in [9.17, 15) is 5.11 Å². The Bertz CT molecular complexity index is 665. The molecule has 0 saturated heterocycles. The van der Waals surface area contributed by atoms with Crippen LogP contribution in [0.4, 0.5) is 5.82 Å². The highest BCUT2D eigenvalue weighted by Crippen LogP contribution is 2.16. The summed E-state index contributed by atoms with van der Waals surface area (Å²) in [4.78, 5) is 4.26. The minimum absolute atomic E-state index is 0.405. The summed E-state index contributed by atoms with van der Waals surface area (Å²) in [5.41, 5.74) is 1.78. The number of nitrogens with one attached hydrogen (secondary N) is 1.